The molecule has 0 bridgehead atoms. The molecule has 0 aliphatic carbocycles. The third kappa shape index (κ3) is 15.5. The van der Waals surface area contributed by atoms with Crippen molar-refractivity contribution in [1.29, 1.82) is 0 Å². The number of hydrogen-bond donors (Lipinski definition) is 0. The number of carbonyl (C=O) groups is 2. The van der Waals surface area contributed by atoms with Crippen LogP contribution in [0, 0.1) is 0 Å². The number of sulfone groups is 1. The number of aromatic nitrogens is 4. The van der Waals surface area contributed by atoms with Gasteiger partial charge in [0.15, 0.2) is 9.84 Å². The van der Waals surface area contributed by atoms with Crippen molar-refractivity contribution >= 4 is 75.6 Å². The predicted octanol–water partition coefficient (Wildman–Crippen LogP) is -1.54. The van der Waals surface area contributed by atoms with Crippen LogP contribution in [0.4, 0.5) is 0 Å². The minimum atomic E-state index is -3.51. The van der Waals surface area contributed by atoms with Gasteiger partial charge < -0.3 is 14.0 Å². The van der Waals surface area contributed by atoms with E-state index in [-0.39, 0.29) is 58.8 Å². The number of esters is 2. The fraction of sp³-hybridized carbons (Fsp3) is 0.636. The Morgan fingerprint density at radius 3 is 1.70 bits per heavy atom. The van der Waals surface area contributed by atoms with Gasteiger partial charge >= 0.3 is 41.5 Å². The van der Waals surface area contributed by atoms with E-state index in [0.717, 1.165) is 4.47 Å². The second-order valence-corrected chi connectivity index (χ2v) is 24.4. The van der Waals surface area contributed by atoms with E-state index in [1.165, 1.54) is 30.4 Å². The van der Waals surface area contributed by atoms with Gasteiger partial charge in [0.2, 0.25) is 0 Å². The number of ether oxygens (including phenoxy) is 2. The molecule has 18 heteroatoms. The SMILES string of the molecule is COC(=O)CCS(=O)(=O)c1cn(C)nc1[Si](C)(C)C.COC(=O)CCS(=O)[O-].Cn1cc(Br)c([Si](C)(C)C)n1.[Na+]. The second-order valence-electron chi connectivity index (χ2n) is 10.5. The maximum Gasteiger partial charge on any atom is 1.00 e. The zero-order chi connectivity index (χ0) is 30.8. The van der Waals surface area contributed by atoms with E-state index < -0.39 is 49.0 Å². The molecule has 0 aliphatic heterocycles. The van der Waals surface area contributed by atoms with Crippen LogP contribution < -0.4 is 40.2 Å². The Morgan fingerprint density at radius 1 is 0.925 bits per heavy atom. The molecule has 2 heterocycles. The topological polar surface area (TPSA) is 163 Å². The van der Waals surface area contributed by atoms with Gasteiger partial charge in [0, 0.05) is 32.2 Å². The fourth-order valence-corrected chi connectivity index (χ4v) is 10.6. The Morgan fingerprint density at radius 2 is 1.35 bits per heavy atom. The van der Waals surface area contributed by atoms with Crippen molar-refractivity contribution in [2.24, 2.45) is 14.1 Å². The van der Waals surface area contributed by atoms with Crippen molar-refractivity contribution in [2.75, 3.05) is 25.7 Å². The first-order valence-corrected chi connectivity index (χ1v) is 22.5. The van der Waals surface area contributed by atoms with Crippen LogP contribution in [0.3, 0.4) is 0 Å². The Labute approximate surface area is 272 Å². The average molecular weight is 712 g/mol. The number of aryl methyl sites for hydroxylation is 2. The molecule has 1 atom stereocenters. The van der Waals surface area contributed by atoms with Crippen LogP contribution in [-0.4, -0.2) is 90.6 Å². The third-order valence-corrected chi connectivity index (χ3v) is 11.8. The van der Waals surface area contributed by atoms with Crippen LogP contribution in [0.15, 0.2) is 21.8 Å². The van der Waals surface area contributed by atoms with Crippen molar-refractivity contribution in [3.05, 3.63) is 16.9 Å². The molecule has 224 valence electrons. The van der Waals surface area contributed by atoms with Gasteiger partial charge in [0.1, 0.15) is 21.0 Å². The smallest absolute Gasteiger partial charge is 0.772 e. The van der Waals surface area contributed by atoms with Crippen LogP contribution in [0.2, 0.25) is 39.3 Å². The molecule has 0 saturated carbocycles. The summed E-state index contributed by atoms with van der Waals surface area (Å²) in [5.41, 5.74) is 0. The van der Waals surface area contributed by atoms with Crippen molar-refractivity contribution in [1.82, 2.24) is 19.6 Å². The van der Waals surface area contributed by atoms with Crippen molar-refractivity contribution in [2.45, 2.75) is 57.0 Å². The fourth-order valence-electron chi connectivity index (χ4n) is 2.88. The predicted molar refractivity (Wildman–Crippen MR) is 159 cm³/mol. The first-order valence-electron chi connectivity index (χ1n) is 11.8. The summed E-state index contributed by atoms with van der Waals surface area (Å²) in [6.45, 7) is 13.0. The van der Waals surface area contributed by atoms with Crippen molar-refractivity contribution < 1.29 is 65.8 Å². The Bertz CT molecular complexity index is 1240. The van der Waals surface area contributed by atoms with Crippen LogP contribution >= 0.6 is 15.9 Å². The van der Waals surface area contributed by atoms with Gasteiger partial charge in [0.05, 0.1) is 47.9 Å². The van der Waals surface area contributed by atoms with Gasteiger partial charge in [-0.2, -0.15) is 10.2 Å². The molecule has 0 saturated heterocycles. The first kappa shape index (κ1) is 41.5. The van der Waals surface area contributed by atoms with E-state index in [2.05, 4.69) is 55.2 Å². The van der Waals surface area contributed by atoms with E-state index in [1.54, 1.807) is 7.05 Å². The Kier molecular flexibility index (Phi) is 18.8. The molecule has 0 amide bonds. The minimum absolute atomic E-state index is 0. The number of methoxy groups -OCH3 is 2. The van der Waals surface area contributed by atoms with Gasteiger partial charge in [-0.15, -0.1) is 0 Å². The molecule has 0 radical (unpaired) electrons. The number of halogens is 1. The first-order chi connectivity index (χ1) is 17.6. The Balaban J connectivity index is 0. The van der Waals surface area contributed by atoms with Gasteiger partial charge in [-0.25, -0.2) is 8.42 Å². The van der Waals surface area contributed by atoms with Gasteiger partial charge in [-0.1, -0.05) is 50.4 Å². The molecule has 2 rings (SSSR count). The van der Waals surface area contributed by atoms with E-state index in [0.29, 0.717) is 5.32 Å². The quantitative estimate of drug-likeness (QED) is 0.169. The molecule has 0 aliphatic rings. The van der Waals surface area contributed by atoms with Gasteiger partial charge in [-0.3, -0.25) is 23.2 Å². The summed E-state index contributed by atoms with van der Waals surface area (Å²) < 4.78 is 57.4. The molecule has 0 fully saturated rings. The normalized spacial score (nSPS) is 12.1. The van der Waals surface area contributed by atoms with Crippen molar-refractivity contribution in [3.8, 4) is 0 Å². The molecule has 12 nitrogen and oxygen atoms in total. The standard InChI is InChI=1S/C11H20N2O4SSi.C7H13BrN2Si.C4H8O4S.Na/c1-13-8-9(11(12-13)19(3,4)5)18(15,16)7-6-10(14)17-2;1-10-5-6(8)7(9-10)11(2,3)4;1-8-4(5)2-3-9(6)7;/h8H,6-7H2,1-5H3;5H,1-4H3;2-3H2,1H3,(H,6,7);/q;;;+1/p-1. The van der Waals surface area contributed by atoms with E-state index in [9.17, 15) is 26.8 Å². The monoisotopic (exact) mass is 710 g/mol. The van der Waals surface area contributed by atoms with Gasteiger partial charge in [0.25, 0.3) is 0 Å². The molecular weight excluding hydrogens is 671 g/mol. The molecule has 2 aromatic rings. The molecule has 40 heavy (non-hydrogen) atoms. The number of nitrogens with zero attached hydrogens (tertiary/aromatic N) is 4. The summed E-state index contributed by atoms with van der Waals surface area (Å²) in [7, 11) is -0.491. The number of rotatable bonds is 9. The van der Waals surface area contributed by atoms with E-state index in [1.807, 2.05) is 37.6 Å². The molecule has 2 aromatic heterocycles. The molecule has 0 N–H and O–H groups in total. The van der Waals surface area contributed by atoms with E-state index in [4.69, 9.17) is 0 Å². The summed E-state index contributed by atoms with van der Waals surface area (Å²) in [4.78, 5) is 21.5. The summed E-state index contributed by atoms with van der Waals surface area (Å²) in [5.74, 6) is -1.43. The maximum absolute atomic E-state index is 12.3. The molecular formula is C22H40BrN4NaO8S2Si2. The summed E-state index contributed by atoms with van der Waals surface area (Å²) >= 11 is 1.37. The number of hydrogen-bond acceptors (Lipinski definition) is 10. The molecule has 0 aromatic carbocycles. The van der Waals surface area contributed by atoms with Crippen LogP contribution in [-0.2, 0) is 54.1 Å². The van der Waals surface area contributed by atoms with Crippen LogP contribution in [0.5, 0.6) is 0 Å². The summed E-state index contributed by atoms with van der Waals surface area (Å²) in [5, 5.41) is 10.6. The Hall–Kier alpha value is -0.666. The maximum atomic E-state index is 12.3. The average Bonchev–Trinajstić information content (AvgIpc) is 3.38. The summed E-state index contributed by atoms with van der Waals surface area (Å²) in [6, 6.07) is 0. The number of carbonyl (C=O) groups excluding carboxylic acids is 2. The van der Waals surface area contributed by atoms with Gasteiger partial charge in [-0.05, 0) is 15.9 Å². The summed E-state index contributed by atoms with van der Waals surface area (Å²) in [6.07, 6.45) is 3.32. The van der Waals surface area contributed by atoms with Crippen LogP contribution in [0.25, 0.3) is 0 Å². The zero-order valence-corrected chi connectivity index (χ0v) is 32.5. The molecule has 0 spiro atoms. The third-order valence-electron chi connectivity index (χ3n) is 4.84. The molecule has 1 unspecified atom stereocenters. The largest absolute Gasteiger partial charge is 1.00 e. The zero-order valence-electron chi connectivity index (χ0n) is 25.2. The minimum Gasteiger partial charge on any atom is -0.772 e. The second kappa shape index (κ2) is 18.1. The van der Waals surface area contributed by atoms with E-state index >= 15 is 0 Å². The van der Waals surface area contributed by atoms with Crippen LogP contribution in [0.1, 0.15) is 12.8 Å². The van der Waals surface area contributed by atoms with Crippen molar-refractivity contribution in [3.63, 3.8) is 0 Å².